The number of amides is 2. The van der Waals surface area contributed by atoms with Crippen molar-refractivity contribution in [3.05, 3.63) is 42.5 Å². The van der Waals surface area contributed by atoms with Gasteiger partial charge < -0.3 is 59.5 Å². The molecule has 2 amide bonds. The zero-order valence-electron chi connectivity index (χ0n) is 35.9. The number of ether oxygens (including phenoxy) is 6. The van der Waals surface area contributed by atoms with E-state index >= 15 is 0 Å². The second kappa shape index (κ2) is 20.0. The van der Waals surface area contributed by atoms with Gasteiger partial charge in [0, 0.05) is 36.8 Å². The number of para-hydroxylation sites is 1. The highest BCUT2D eigenvalue weighted by atomic mass is 16.7. The number of carbonyl (C=O) groups is 2. The zero-order valence-corrected chi connectivity index (χ0v) is 35.9. The number of urea groups is 1. The van der Waals surface area contributed by atoms with Crippen LogP contribution in [0.1, 0.15) is 81.1 Å². The highest BCUT2D eigenvalue weighted by Crippen LogP contribution is 2.41. The van der Waals surface area contributed by atoms with Crippen LogP contribution in [-0.2, 0) is 19.0 Å². The van der Waals surface area contributed by atoms with Gasteiger partial charge in [-0.1, -0.05) is 39.0 Å². The summed E-state index contributed by atoms with van der Waals surface area (Å²) in [5, 5.41) is 53.0. The fraction of sp³-hybridized carbons (Fsp3) is 0.674. The Morgan fingerprint density at radius 1 is 0.983 bits per heavy atom. The highest BCUT2D eigenvalue weighted by molar-refractivity contribution is 6.02. The van der Waals surface area contributed by atoms with Gasteiger partial charge in [-0.25, -0.2) is 4.79 Å². The molecule has 15 heteroatoms. The summed E-state index contributed by atoms with van der Waals surface area (Å²) in [4.78, 5) is 28.6. The maximum atomic E-state index is 13.6. The van der Waals surface area contributed by atoms with E-state index in [9.17, 15) is 30.0 Å². The van der Waals surface area contributed by atoms with Crippen LogP contribution >= 0.6 is 0 Å². The molecule has 2 aliphatic rings. The third kappa shape index (κ3) is 11.1. The topological polar surface area (TPSA) is 198 Å². The molecule has 13 atom stereocenters. The third-order valence-electron chi connectivity index (χ3n) is 11.7. The van der Waals surface area contributed by atoms with Crippen molar-refractivity contribution >= 4 is 23.4 Å². The van der Waals surface area contributed by atoms with Crippen molar-refractivity contribution < 1.29 is 58.4 Å². The lowest BCUT2D eigenvalue weighted by molar-refractivity contribution is -0.285. The Morgan fingerprint density at radius 2 is 1.62 bits per heavy atom. The van der Waals surface area contributed by atoms with Crippen molar-refractivity contribution in [2.45, 2.75) is 141 Å². The van der Waals surface area contributed by atoms with Crippen molar-refractivity contribution in [1.82, 2.24) is 5.32 Å². The van der Waals surface area contributed by atoms with Crippen LogP contribution in [-0.4, -0.2) is 120 Å². The lowest BCUT2D eigenvalue weighted by Gasteiger charge is -2.45. The summed E-state index contributed by atoms with van der Waals surface area (Å²) in [5.41, 5.74) is -2.43. The molecule has 0 aliphatic carbocycles. The number of aliphatic hydroxyl groups excluding tert-OH is 2. The molecule has 0 bridgehead atoms. The summed E-state index contributed by atoms with van der Waals surface area (Å²) in [6.45, 7) is 13.9. The molecular weight excluding hydrogens is 750 g/mol. The van der Waals surface area contributed by atoms with Crippen LogP contribution in [0.25, 0.3) is 0 Å². The first-order chi connectivity index (χ1) is 27.2. The van der Waals surface area contributed by atoms with Crippen molar-refractivity contribution in [2.75, 3.05) is 38.0 Å². The van der Waals surface area contributed by atoms with Gasteiger partial charge in [0.05, 0.1) is 49.7 Å². The molecule has 58 heavy (non-hydrogen) atoms. The molecule has 4 rings (SSSR count). The zero-order chi connectivity index (χ0) is 43.1. The Bertz CT molecular complexity index is 1640. The van der Waals surface area contributed by atoms with Crippen LogP contribution in [0, 0.1) is 17.8 Å². The quantitative estimate of drug-likeness (QED) is 0.188. The number of hydrogen-bond donors (Lipinski definition) is 6. The summed E-state index contributed by atoms with van der Waals surface area (Å²) < 4.78 is 36.8. The van der Waals surface area contributed by atoms with E-state index in [1.165, 1.54) is 33.0 Å². The average molecular weight is 818 g/mol. The van der Waals surface area contributed by atoms with Gasteiger partial charge in [-0.05, 0) is 84.9 Å². The van der Waals surface area contributed by atoms with Gasteiger partial charge in [-0.15, -0.1) is 0 Å². The monoisotopic (exact) mass is 817 g/mol. The number of methoxy groups -OCH3 is 2. The van der Waals surface area contributed by atoms with Gasteiger partial charge in [0.1, 0.15) is 29.7 Å². The number of hydrogen-bond acceptors (Lipinski definition) is 13. The molecule has 0 spiro atoms. The van der Waals surface area contributed by atoms with Crippen LogP contribution in [0.15, 0.2) is 42.5 Å². The minimum Gasteiger partial charge on any atom is -0.493 e. The van der Waals surface area contributed by atoms with E-state index in [0.29, 0.717) is 42.3 Å². The standard InChI is InChI=1S/C43H67N3O12/c1-12-35-43(8,52)37(48)28(6)44-23-24(2)22-42(7,51)38(26(4)36(47)27(5)39(49)57-35)58-40-31(19-18-25(3)55-40)56-32-21-34(54-11)33(53-10)20-30(32)45-41(50)46(9)29-16-14-13-15-17-29/h13-17,20-21,24-28,31,35-38,40,44,47-48,51-52H,12,18-19,22-23H2,1-11H3,(H,45,50)/t24-,25-,26+,27-,28-,31-,35-,36+,37-,38-,40+,42-,43-/m1/s1. The van der Waals surface area contributed by atoms with Gasteiger partial charge in [0.25, 0.3) is 0 Å². The van der Waals surface area contributed by atoms with Gasteiger partial charge >= 0.3 is 12.0 Å². The Labute approximate surface area is 343 Å². The number of nitrogens with one attached hydrogen (secondary N) is 2. The molecule has 0 radical (unpaired) electrons. The van der Waals surface area contributed by atoms with E-state index < -0.39 is 77.9 Å². The van der Waals surface area contributed by atoms with E-state index in [2.05, 4.69) is 10.6 Å². The maximum absolute atomic E-state index is 13.6. The summed E-state index contributed by atoms with van der Waals surface area (Å²) in [6.07, 6.45) is -5.49. The van der Waals surface area contributed by atoms with Gasteiger partial charge in [-0.2, -0.15) is 0 Å². The molecule has 2 aliphatic heterocycles. The number of cyclic esters (lactones) is 1. The number of nitrogens with zero attached hydrogens (tertiary/aromatic N) is 1. The fourth-order valence-corrected chi connectivity index (χ4v) is 8.05. The first-order valence-corrected chi connectivity index (χ1v) is 20.3. The summed E-state index contributed by atoms with van der Waals surface area (Å²) in [7, 11) is 4.63. The van der Waals surface area contributed by atoms with E-state index in [0.717, 1.165) is 0 Å². The molecule has 2 fully saturated rings. The summed E-state index contributed by atoms with van der Waals surface area (Å²) >= 11 is 0. The number of benzene rings is 2. The molecule has 0 saturated carbocycles. The highest BCUT2D eigenvalue weighted by Gasteiger charge is 2.49. The molecule has 2 heterocycles. The van der Waals surface area contributed by atoms with Crippen LogP contribution in [0.4, 0.5) is 16.2 Å². The second-order valence-electron chi connectivity index (χ2n) is 16.6. The average Bonchev–Trinajstić information content (AvgIpc) is 3.20. The lowest BCUT2D eigenvalue weighted by atomic mass is 9.78. The predicted octanol–water partition coefficient (Wildman–Crippen LogP) is 4.87. The van der Waals surface area contributed by atoms with Crippen molar-refractivity contribution in [3.63, 3.8) is 0 Å². The van der Waals surface area contributed by atoms with E-state index in [-0.39, 0.29) is 30.6 Å². The van der Waals surface area contributed by atoms with Crippen molar-refractivity contribution in [3.8, 4) is 17.2 Å². The number of anilines is 2. The first kappa shape index (κ1) is 47.0. The number of esters is 1. The van der Waals surface area contributed by atoms with E-state index in [4.69, 9.17) is 28.4 Å². The molecule has 2 aromatic carbocycles. The van der Waals surface area contributed by atoms with Gasteiger partial charge in [0.2, 0.25) is 0 Å². The van der Waals surface area contributed by atoms with Gasteiger partial charge in [-0.3, -0.25) is 9.69 Å². The lowest BCUT2D eigenvalue weighted by Crippen LogP contribution is -2.58. The summed E-state index contributed by atoms with van der Waals surface area (Å²) in [5.74, 6) is -1.96. The molecule has 2 saturated heterocycles. The molecule has 2 aromatic rings. The number of carbonyl (C=O) groups excluding carboxylic acids is 2. The Kier molecular flexibility index (Phi) is 16.2. The molecule has 326 valence electrons. The largest absolute Gasteiger partial charge is 0.493 e. The summed E-state index contributed by atoms with van der Waals surface area (Å²) in [6, 6.07) is 11.3. The SMILES string of the molecule is CC[C@H]1OC(=O)[C@H](C)[C@@H](O)[C@H](C)[C@@H](O[C@@H]2O[C@H](C)CC[C@H]2Oc2cc(OC)c(OC)cc2NC(=O)N(C)c2ccccc2)[C@](C)(O)C[C@@H](C)CN[C@H](C)[C@@H](O)[C@]1(C)O. The van der Waals surface area contributed by atoms with Crippen LogP contribution in [0.2, 0.25) is 0 Å². The minimum atomic E-state index is -1.80. The fourth-order valence-electron chi connectivity index (χ4n) is 8.05. The Balaban J connectivity index is 1.70. The molecule has 15 nitrogen and oxygen atoms in total. The second-order valence-corrected chi connectivity index (χ2v) is 16.6. The van der Waals surface area contributed by atoms with E-state index in [1.807, 2.05) is 44.2 Å². The minimum absolute atomic E-state index is 0.183. The number of aliphatic hydroxyl groups is 4. The van der Waals surface area contributed by atoms with Crippen LogP contribution in [0.3, 0.4) is 0 Å². The van der Waals surface area contributed by atoms with Gasteiger partial charge in [0.15, 0.2) is 17.8 Å². The molecule has 0 aromatic heterocycles. The van der Waals surface area contributed by atoms with Crippen LogP contribution in [0.5, 0.6) is 17.2 Å². The number of rotatable bonds is 9. The predicted molar refractivity (Wildman–Crippen MR) is 219 cm³/mol. The Morgan fingerprint density at radius 3 is 2.24 bits per heavy atom. The molecular formula is C43H67N3O12. The molecule has 6 N–H and O–H groups in total. The first-order valence-electron chi connectivity index (χ1n) is 20.3. The van der Waals surface area contributed by atoms with Crippen molar-refractivity contribution in [2.24, 2.45) is 17.8 Å². The smallest absolute Gasteiger partial charge is 0.326 e. The normalized spacial score (nSPS) is 35.4. The molecule has 0 unspecified atom stereocenters. The Hall–Kier alpha value is -3.70. The maximum Gasteiger partial charge on any atom is 0.326 e. The third-order valence-corrected chi connectivity index (χ3v) is 11.7. The van der Waals surface area contributed by atoms with Crippen LogP contribution < -0.4 is 29.7 Å². The van der Waals surface area contributed by atoms with Crippen molar-refractivity contribution in [1.29, 1.82) is 0 Å². The van der Waals surface area contributed by atoms with E-state index in [1.54, 1.807) is 46.9 Å².